The average molecular weight is 285 g/mol. The second-order valence-electron chi connectivity index (χ2n) is 7.34. The predicted molar refractivity (Wildman–Crippen MR) is 80.4 cm³/mol. The summed E-state index contributed by atoms with van der Waals surface area (Å²) in [6.07, 6.45) is 4.14. The zero-order valence-corrected chi connectivity index (χ0v) is 13.7. The van der Waals surface area contributed by atoms with Gasteiger partial charge in [-0.25, -0.2) is 4.79 Å². The molecule has 0 amide bonds. The minimum absolute atomic E-state index is 0.000809. The van der Waals surface area contributed by atoms with Gasteiger partial charge in [0.15, 0.2) is 0 Å². The van der Waals surface area contributed by atoms with Crippen LogP contribution in [0.1, 0.15) is 60.3 Å². The van der Waals surface area contributed by atoms with Crippen molar-refractivity contribution in [3.8, 4) is 0 Å². The average Bonchev–Trinajstić information content (AvgIpc) is 2.35. The number of carbonyl (C=O) groups excluding carboxylic acids is 1. The molecule has 0 unspecified atom stereocenters. The molecule has 0 aromatic carbocycles. The van der Waals surface area contributed by atoms with Crippen molar-refractivity contribution in [3.05, 3.63) is 0 Å². The van der Waals surface area contributed by atoms with Crippen LogP contribution in [0.15, 0.2) is 0 Å². The second-order valence-corrected chi connectivity index (χ2v) is 7.34. The molecule has 2 N–H and O–H groups in total. The molecular formula is C16H31NO3. The topological polar surface area (TPSA) is 61.5 Å². The molecule has 118 valence electrons. The molecule has 1 aliphatic carbocycles. The van der Waals surface area contributed by atoms with E-state index >= 15 is 0 Å². The fourth-order valence-electron chi connectivity index (χ4n) is 2.82. The molecule has 4 heteroatoms. The van der Waals surface area contributed by atoms with Crippen molar-refractivity contribution >= 4 is 5.97 Å². The van der Waals surface area contributed by atoms with Gasteiger partial charge in [-0.2, -0.15) is 0 Å². The molecule has 1 saturated carbocycles. The van der Waals surface area contributed by atoms with Crippen LogP contribution < -0.4 is 5.73 Å². The minimum Gasteiger partial charge on any atom is -0.458 e. The zero-order valence-electron chi connectivity index (χ0n) is 13.7. The predicted octanol–water partition coefficient (Wildman–Crippen LogP) is 2.89. The maximum atomic E-state index is 11.7. The van der Waals surface area contributed by atoms with Crippen LogP contribution in [-0.4, -0.2) is 30.3 Å². The van der Waals surface area contributed by atoms with Gasteiger partial charge in [-0.15, -0.1) is 0 Å². The SMILES string of the molecule is CC(C)C1CCC(CN)(OCC(=O)OC(C)(C)C)CC1. The first kappa shape index (κ1) is 17.4. The van der Waals surface area contributed by atoms with Crippen LogP contribution >= 0.6 is 0 Å². The Balaban J connectivity index is 2.46. The van der Waals surface area contributed by atoms with Gasteiger partial charge >= 0.3 is 5.97 Å². The van der Waals surface area contributed by atoms with E-state index in [1.807, 2.05) is 20.8 Å². The molecule has 0 atom stereocenters. The molecule has 0 aromatic heterocycles. The van der Waals surface area contributed by atoms with E-state index in [1.165, 1.54) is 0 Å². The van der Waals surface area contributed by atoms with E-state index in [-0.39, 0.29) is 18.2 Å². The first-order chi connectivity index (χ1) is 9.17. The number of hydrogen-bond acceptors (Lipinski definition) is 4. The van der Waals surface area contributed by atoms with Gasteiger partial charge in [0, 0.05) is 6.54 Å². The van der Waals surface area contributed by atoms with Gasteiger partial charge in [-0.05, 0) is 58.3 Å². The second kappa shape index (κ2) is 6.90. The Morgan fingerprint density at radius 2 is 1.85 bits per heavy atom. The van der Waals surface area contributed by atoms with Crippen molar-refractivity contribution in [3.63, 3.8) is 0 Å². The van der Waals surface area contributed by atoms with E-state index in [2.05, 4.69) is 13.8 Å². The summed E-state index contributed by atoms with van der Waals surface area (Å²) in [4.78, 5) is 11.7. The Kier molecular flexibility index (Phi) is 6.02. The van der Waals surface area contributed by atoms with Gasteiger partial charge < -0.3 is 15.2 Å². The number of carbonyl (C=O) groups is 1. The Labute approximate surface area is 123 Å². The van der Waals surface area contributed by atoms with Crippen molar-refractivity contribution in [2.24, 2.45) is 17.6 Å². The van der Waals surface area contributed by atoms with Crippen LogP contribution in [0.25, 0.3) is 0 Å². The van der Waals surface area contributed by atoms with Gasteiger partial charge in [0.1, 0.15) is 12.2 Å². The van der Waals surface area contributed by atoms with Crippen molar-refractivity contribution < 1.29 is 14.3 Å². The Morgan fingerprint density at radius 1 is 1.30 bits per heavy atom. The smallest absolute Gasteiger partial charge is 0.332 e. The Hall–Kier alpha value is -0.610. The summed E-state index contributed by atoms with van der Waals surface area (Å²) in [5, 5.41) is 0. The number of esters is 1. The standard InChI is InChI=1S/C16H31NO3/c1-12(2)13-6-8-16(11-17,9-7-13)19-10-14(18)20-15(3,4)5/h12-13H,6-11,17H2,1-5H3. The lowest BCUT2D eigenvalue weighted by molar-refractivity contribution is -0.169. The fourth-order valence-corrected chi connectivity index (χ4v) is 2.82. The summed E-state index contributed by atoms with van der Waals surface area (Å²) in [6, 6.07) is 0. The maximum Gasteiger partial charge on any atom is 0.332 e. The van der Waals surface area contributed by atoms with Gasteiger partial charge in [0.25, 0.3) is 0 Å². The molecule has 1 rings (SSSR count). The zero-order chi connectivity index (χ0) is 15.4. The number of rotatable bonds is 5. The van der Waals surface area contributed by atoms with E-state index in [0.717, 1.165) is 31.6 Å². The highest BCUT2D eigenvalue weighted by Crippen LogP contribution is 2.37. The minimum atomic E-state index is -0.467. The molecule has 1 aliphatic rings. The van der Waals surface area contributed by atoms with Crippen molar-refractivity contribution in [2.45, 2.75) is 71.5 Å². The van der Waals surface area contributed by atoms with E-state index in [9.17, 15) is 4.79 Å². The number of hydrogen-bond donors (Lipinski definition) is 1. The molecule has 20 heavy (non-hydrogen) atoms. The van der Waals surface area contributed by atoms with Crippen molar-refractivity contribution in [1.82, 2.24) is 0 Å². The molecule has 4 nitrogen and oxygen atoms in total. The fraction of sp³-hybridized carbons (Fsp3) is 0.938. The van der Waals surface area contributed by atoms with E-state index < -0.39 is 5.60 Å². The molecule has 0 aromatic rings. The summed E-state index contributed by atoms with van der Waals surface area (Å²) in [5.74, 6) is 1.15. The lowest BCUT2D eigenvalue weighted by Crippen LogP contribution is -2.46. The highest BCUT2D eigenvalue weighted by molar-refractivity contribution is 5.71. The molecule has 0 bridgehead atoms. The molecular weight excluding hydrogens is 254 g/mol. The third-order valence-corrected chi connectivity index (χ3v) is 4.17. The summed E-state index contributed by atoms with van der Waals surface area (Å²) >= 11 is 0. The van der Waals surface area contributed by atoms with E-state index in [0.29, 0.717) is 12.5 Å². The summed E-state index contributed by atoms with van der Waals surface area (Å²) in [6.45, 7) is 10.6. The lowest BCUT2D eigenvalue weighted by atomic mass is 9.74. The number of nitrogens with two attached hydrogens (primary N) is 1. The largest absolute Gasteiger partial charge is 0.458 e. The van der Waals surface area contributed by atoms with E-state index in [4.69, 9.17) is 15.2 Å². The summed E-state index contributed by atoms with van der Waals surface area (Å²) in [5.41, 5.74) is 5.10. The highest BCUT2D eigenvalue weighted by Gasteiger charge is 2.36. The van der Waals surface area contributed by atoms with Gasteiger partial charge in [0.05, 0.1) is 5.60 Å². The van der Waals surface area contributed by atoms with Crippen molar-refractivity contribution in [2.75, 3.05) is 13.2 Å². The molecule has 0 heterocycles. The quantitative estimate of drug-likeness (QED) is 0.789. The lowest BCUT2D eigenvalue weighted by Gasteiger charge is -2.40. The van der Waals surface area contributed by atoms with Crippen LogP contribution in [0.4, 0.5) is 0 Å². The van der Waals surface area contributed by atoms with Crippen molar-refractivity contribution in [1.29, 1.82) is 0 Å². The highest BCUT2D eigenvalue weighted by atomic mass is 16.6. The summed E-state index contributed by atoms with van der Waals surface area (Å²) < 4.78 is 11.1. The van der Waals surface area contributed by atoms with Gasteiger partial charge in [0.2, 0.25) is 0 Å². The van der Waals surface area contributed by atoms with Crippen LogP contribution in [0.2, 0.25) is 0 Å². The van der Waals surface area contributed by atoms with Crippen LogP contribution in [0.3, 0.4) is 0 Å². The number of ether oxygens (including phenoxy) is 2. The van der Waals surface area contributed by atoms with E-state index in [1.54, 1.807) is 0 Å². The summed E-state index contributed by atoms with van der Waals surface area (Å²) in [7, 11) is 0. The molecule has 0 aliphatic heterocycles. The Bertz CT molecular complexity index is 312. The maximum absolute atomic E-state index is 11.7. The molecule has 1 fully saturated rings. The van der Waals surface area contributed by atoms with Crippen LogP contribution in [-0.2, 0) is 14.3 Å². The molecule has 0 radical (unpaired) electrons. The molecule has 0 spiro atoms. The molecule has 0 saturated heterocycles. The van der Waals surface area contributed by atoms with Gasteiger partial charge in [-0.1, -0.05) is 13.8 Å². The monoisotopic (exact) mass is 285 g/mol. The van der Waals surface area contributed by atoms with Crippen LogP contribution in [0.5, 0.6) is 0 Å². The Morgan fingerprint density at radius 3 is 2.25 bits per heavy atom. The van der Waals surface area contributed by atoms with Gasteiger partial charge in [-0.3, -0.25) is 0 Å². The van der Waals surface area contributed by atoms with Crippen LogP contribution in [0, 0.1) is 11.8 Å². The third-order valence-electron chi connectivity index (χ3n) is 4.17. The normalized spacial score (nSPS) is 27.6. The first-order valence-electron chi connectivity index (χ1n) is 7.73. The third kappa shape index (κ3) is 5.41. The first-order valence-corrected chi connectivity index (χ1v) is 7.73.